The fourth-order valence-electron chi connectivity index (χ4n) is 4.63. The molecule has 6 rings (SSSR count). The minimum Gasteiger partial charge on any atom is -0.283 e. The monoisotopic (exact) mass is 616 g/mol. The summed E-state index contributed by atoms with van der Waals surface area (Å²) in [6, 6.07) is 34.9. The van der Waals surface area contributed by atoms with Crippen molar-refractivity contribution < 1.29 is 0 Å². The van der Waals surface area contributed by atoms with E-state index < -0.39 is 0 Å². The highest BCUT2D eigenvalue weighted by molar-refractivity contribution is 7.99. The second-order valence-electron chi connectivity index (χ2n) is 9.92. The molecule has 0 atom stereocenters. The zero-order valence-electron chi connectivity index (χ0n) is 24.4. The number of thioether (sulfide) groups is 2. The molecule has 0 aliphatic heterocycles. The van der Waals surface area contributed by atoms with E-state index in [0.717, 1.165) is 34.0 Å². The van der Waals surface area contributed by atoms with Crippen molar-refractivity contribution in [3.8, 4) is 12.3 Å². The molecule has 4 aromatic carbocycles. The van der Waals surface area contributed by atoms with Crippen LogP contribution in [0.4, 0.5) is 0 Å². The van der Waals surface area contributed by atoms with Gasteiger partial charge < -0.3 is 0 Å². The Bertz CT molecular complexity index is 2020. The van der Waals surface area contributed by atoms with E-state index in [0.29, 0.717) is 40.3 Å². The van der Waals surface area contributed by atoms with Gasteiger partial charge >= 0.3 is 0 Å². The van der Waals surface area contributed by atoms with Gasteiger partial charge in [0.25, 0.3) is 11.1 Å². The van der Waals surface area contributed by atoms with Crippen LogP contribution in [0.5, 0.6) is 0 Å². The second kappa shape index (κ2) is 15.2. The van der Waals surface area contributed by atoms with Crippen molar-refractivity contribution in [3.63, 3.8) is 0 Å². The molecule has 0 bridgehead atoms. The number of benzene rings is 4. The van der Waals surface area contributed by atoms with E-state index in [-0.39, 0.29) is 11.1 Å². The van der Waals surface area contributed by atoms with Gasteiger partial charge in [-0.15, -0.1) is 6.42 Å². The quantitative estimate of drug-likeness (QED) is 0.0979. The topological polar surface area (TPSA) is 69.8 Å². The Balaban J connectivity index is 0.000000175. The molecule has 0 radical (unpaired) electrons. The van der Waals surface area contributed by atoms with Crippen molar-refractivity contribution in [3.05, 3.63) is 141 Å². The normalized spacial score (nSPS) is 10.7. The lowest BCUT2D eigenvalue weighted by molar-refractivity contribution is 0.658. The molecule has 0 saturated heterocycles. The summed E-state index contributed by atoms with van der Waals surface area (Å²) in [5.41, 5.74) is 3.65. The molecule has 8 heteroatoms. The summed E-state index contributed by atoms with van der Waals surface area (Å²) < 4.78 is 3.48. The van der Waals surface area contributed by atoms with Crippen LogP contribution in [-0.2, 0) is 13.1 Å². The standard InChI is InChI=1S/C18H18N2OS.C18H14N2OS/c2*1-2-12-22-18-19-16-11-7-6-10-15(16)17(21)20(18)13-14-8-4-3-5-9-14/h3-11H,2,12-13H2,1H3;1,3-11H,12-13H2. The number of hydrogen-bond donors (Lipinski definition) is 0. The van der Waals surface area contributed by atoms with Crippen LogP contribution in [0.25, 0.3) is 21.8 Å². The highest BCUT2D eigenvalue weighted by Crippen LogP contribution is 2.20. The lowest BCUT2D eigenvalue weighted by atomic mass is 10.2. The molecule has 0 aliphatic rings. The summed E-state index contributed by atoms with van der Waals surface area (Å²) in [5, 5.41) is 2.77. The zero-order chi connectivity index (χ0) is 30.7. The van der Waals surface area contributed by atoms with E-state index in [1.165, 1.54) is 11.8 Å². The first kappa shape index (κ1) is 30.9. The van der Waals surface area contributed by atoms with Crippen molar-refractivity contribution in [1.29, 1.82) is 0 Å². The van der Waals surface area contributed by atoms with Gasteiger partial charge in [-0.3, -0.25) is 18.7 Å². The van der Waals surface area contributed by atoms with Crippen LogP contribution in [0, 0.1) is 12.3 Å². The Labute approximate surface area is 265 Å². The highest BCUT2D eigenvalue weighted by atomic mass is 32.2. The Morgan fingerprint density at radius 2 is 1.07 bits per heavy atom. The van der Waals surface area contributed by atoms with Crippen molar-refractivity contribution in [2.75, 3.05) is 11.5 Å². The van der Waals surface area contributed by atoms with E-state index in [2.05, 4.69) is 17.8 Å². The molecule has 6 nitrogen and oxygen atoms in total. The van der Waals surface area contributed by atoms with Crippen molar-refractivity contribution >= 4 is 45.3 Å². The Hall–Kier alpha value is -4.58. The van der Waals surface area contributed by atoms with Crippen LogP contribution in [-0.4, -0.2) is 30.6 Å². The first-order chi connectivity index (χ1) is 21.6. The molecule has 2 aromatic heterocycles. The first-order valence-electron chi connectivity index (χ1n) is 14.3. The number of fused-ring (bicyclic) bond motifs is 2. The van der Waals surface area contributed by atoms with Crippen molar-refractivity contribution in [1.82, 2.24) is 19.1 Å². The fourth-order valence-corrected chi connectivity index (χ4v) is 6.16. The van der Waals surface area contributed by atoms with E-state index >= 15 is 0 Å². The largest absolute Gasteiger partial charge is 0.283 e. The van der Waals surface area contributed by atoms with Crippen molar-refractivity contribution in [2.45, 2.75) is 36.7 Å². The number of nitrogens with zero attached hydrogens (tertiary/aromatic N) is 4. The average molecular weight is 617 g/mol. The number of terminal acetylenes is 1. The van der Waals surface area contributed by atoms with E-state index in [1.807, 2.05) is 109 Å². The smallest absolute Gasteiger partial charge is 0.262 e. The molecule has 0 spiro atoms. The minimum atomic E-state index is -0.0334. The maximum Gasteiger partial charge on any atom is 0.262 e. The lowest BCUT2D eigenvalue weighted by Gasteiger charge is -2.13. The zero-order valence-corrected chi connectivity index (χ0v) is 26.1. The van der Waals surface area contributed by atoms with E-state index in [4.69, 9.17) is 11.4 Å². The lowest BCUT2D eigenvalue weighted by Crippen LogP contribution is -2.24. The Kier molecular flexibility index (Phi) is 10.7. The van der Waals surface area contributed by atoms with Crippen molar-refractivity contribution in [2.24, 2.45) is 0 Å². The van der Waals surface area contributed by atoms with Crippen LogP contribution < -0.4 is 11.1 Å². The van der Waals surface area contributed by atoms with Gasteiger partial charge in [-0.05, 0) is 41.8 Å². The maximum atomic E-state index is 12.8. The van der Waals surface area contributed by atoms with Gasteiger partial charge in [0.2, 0.25) is 0 Å². The molecule has 0 unspecified atom stereocenters. The van der Waals surface area contributed by atoms with Crippen LogP contribution in [0.3, 0.4) is 0 Å². The highest BCUT2D eigenvalue weighted by Gasteiger charge is 2.13. The van der Waals surface area contributed by atoms with Gasteiger partial charge in [0, 0.05) is 5.75 Å². The molecule has 0 amide bonds. The van der Waals surface area contributed by atoms with Crippen LogP contribution in [0.15, 0.2) is 129 Å². The molecular formula is C36H32N4O2S2. The van der Waals surface area contributed by atoms with Gasteiger partial charge in [0.05, 0.1) is 40.6 Å². The molecule has 0 aliphatic carbocycles. The molecule has 0 fully saturated rings. The fraction of sp³-hybridized carbons (Fsp3) is 0.167. The maximum absolute atomic E-state index is 12.8. The molecule has 44 heavy (non-hydrogen) atoms. The minimum absolute atomic E-state index is 0.0334. The summed E-state index contributed by atoms with van der Waals surface area (Å²) >= 11 is 3.06. The molecule has 220 valence electrons. The Morgan fingerprint density at radius 1 is 0.636 bits per heavy atom. The van der Waals surface area contributed by atoms with Gasteiger partial charge in [-0.2, -0.15) is 0 Å². The Morgan fingerprint density at radius 3 is 1.52 bits per heavy atom. The summed E-state index contributed by atoms with van der Waals surface area (Å²) in [5.74, 6) is 4.03. The average Bonchev–Trinajstić information content (AvgIpc) is 3.07. The molecule has 2 heterocycles. The van der Waals surface area contributed by atoms with Gasteiger partial charge in [0.1, 0.15) is 0 Å². The number of rotatable bonds is 9. The molecule has 0 N–H and O–H groups in total. The molecule has 6 aromatic rings. The summed E-state index contributed by atoms with van der Waals surface area (Å²) in [7, 11) is 0. The first-order valence-corrected chi connectivity index (χ1v) is 16.3. The summed E-state index contributed by atoms with van der Waals surface area (Å²) in [6.45, 7) is 3.18. The SMILES string of the molecule is C#CCSc1nc2ccccc2c(=O)n1Cc1ccccc1.CCCSc1nc2ccccc2c(=O)n1Cc1ccccc1. The summed E-state index contributed by atoms with van der Waals surface area (Å²) in [4.78, 5) is 34.9. The van der Waals surface area contributed by atoms with Gasteiger partial charge in [-0.25, -0.2) is 9.97 Å². The predicted molar refractivity (Wildman–Crippen MR) is 184 cm³/mol. The number of hydrogen-bond acceptors (Lipinski definition) is 6. The van der Waals surface area contributed by atoms with Crippen LogP contribution in [0.1, 0.15) is 24.5 Å². The predicted octanol–water partition coefficient (Wildman–Crippen LogP) is 7.12. The molecule has 0 saturated carbocycles. The molecular weight excluding hydrogens is 585 g/mol. The third-order valence-corrected chi connectivity index (χ3v) is 8.80. The van der Waals surface area contributed by atoms with Crippen LogP contribution in [0.2, 0.25) is 0 Å². The third kappa shape index (κ3) is 7.49. The van der Waals surface area contributed by atoms with E-state index in [9.17, 15) is 9.59 Å². The van der Waals surface area contributed by atoms with Crippen LogP contribution >= 0.6 is 23.5 Å². The summed E-state index contributed by atoms with van der Waals surface area (Å²) in [6.07, 6.45) is 6.40. The van der Waals surface area contributed by atoms with E-state index in [1.54, 1.807) is 20.9 Å². The second-order valence-corrected chi connectivity index (χ2v) is 11.9. The van der Waals surface area contributed by atoms with Gasteiger partial charge in [-0.1, -0.05) is 121 Å². The number of aromatic nitrogens is 4. The number of para-hydroxylation sites is 2. The third-order valence-electron chi connectivity index (χ3n) is 6.74. The van der Waals surface area contributed by atoms with Gasteiger partial charge in [0.15, 0.2) is 10.3 Å².